The van der Waals surface area contributed by atoms with Crippen molar-refractivity contribution in [1.82, 2.24) is 4.90 Å². The van der Waals surface area contributed by atoms with Crippen LogP contribution in [0, 0.1) is 5.41 Å². The molecular weight excluding hydrogens is 290 g/mol. The molecule has 0 aliphatic carbocycles. The van der Waals surface area contributed by atoms with E-state index in [0.717, 1.165) is 29.7 Å². The minimum absolute atomic E-state index is 0.237. The van der Waals surface area contributed by atoms with Crippen LogP contribution < -0.4 is 0 Å². The fourth-order valence-electron chi connectivity index (χ4n) is 2.48. The van der Waals surface area contributed by atoms with Crippen molar-refractivity contribution >= 4 is 21.7 Å². The Morgan fingerprint density at radius 1 is 1.44 bits per heavy atom. The van der Waals surface area contributed by atoms with Crippen molar-refractivity contribution in [2.75, 3.05) is 19.6 Å². The molecule has 0 saturated carbocycles. The van der Waals surface area contributed by atoms with Crippen LogP contribution in [-0.4, -0.2) is 30.3 Å². The van der Waals surface area contributed by atoms with Gasteiger partial charge in [-0.25, -0.2) is 0 Å². The van der Waals surface area contributed by atoms with E-state index in [9.17, 15) is 4.79 Å². The second-order valence-electron chi connectivity index (χ2n) is 5.87. The Hall–Kier alpha value is -0.670. The number of ketones is 1. The van der Waals surface area contributed by atoms with Gasteiger partial charge in [-0.05, 0) is 30.5 Å². The summed E-state index contributed by atoms with van der Waals surface area (Å²) < 4.78 is 0.968. The van der Waals surface area contributed by atoms with Gasteiger partial charge >= 0.3 is 0 Å². The summed E-state index contributed by atoms with van der Waals surface area (Å²) in [4.78, 5) is 14.5. The molecule has 1 aliphatic rings. The maximum absolute atomic E-state index is 12.1. The van der Waals surface area contributed by atoms with Gasteiger partial charge in [-0.1, -0.05) is 41.9 Å². The van der Waals surface area contributed by atoms with Crippen LogP contribution in [0.15, 0.2) is 28.7 Å². The number of likely N-dealkylation sites (tertiary alicyclic amines) is 1. The highest BCUT2D eigenvalue weighted by atomic mass is 79.9. The van der Waals surface area contributed by atoms with Gasteiger partial charge in [0, 0.05) is 29.5 Å². The summed E-state index contributed by atoms with van der Waals surface area (Å²) in [6.45, 7) is 7.71. The van der Waals surface area contributed by atoms with Gasteiger partial charge < -0.3 is 4.90 Å². The molecule has 18 heavy (non-hydrogen) atoms. The van der Waals surface area contributed by atoms with E-state index in [0.29, 0.717) is 11.8 Å². The second kappa shape index (κ2) is 5.54. The summed E-state index contributed by atoms with van der Waals surface area (Å²) in [7, 11) is 0. The second-order valence-corrected chi connectivity index (χ2v) is 6.79. The number of carbonyl (C=O) groups is 1. The van der Waals surface area contributed by atoms with E-state index < -0.39 is 0 Å². The van der Waals surface area contributed by atoms with E-state index in [2.05, 4.69) is 34.7 Å². The lowest BCUT2D eigenvalue weighted by atomic mass is 9.93. The smallest absolute Gasteiger partial charge is 0.164 e. The summed E-state index contributed by atoms with van der Waals surface area (Å²) in [5, 5.41) is 0. The molecule has 0 N–H and O–H groups in total. The van der Waals surface area contributed by atoms with Crippen LogP contribution in [0.3, 0.4) is 0 Å². The van der Waals surface area contributed by atoms with Gasteiger partial charge in [0.05, 0.1) is 0 Å². The highest BCUT2D eigenvalue weighted by Crippen LogP contribution is 2.28. The van der Waals surface area contributed by atoms with Crippen LogP contribution in [0.1, 0.15) is 37.0 Å². The zero-order valence-electron chi connectivity index (χ0n) is 11.1. The minimum atomic E-state index is 0.237. The molecule has 0 spiro atoms. The fraction of sp³-hybridized carbons (Fsp3) is 0.533. The molecule has 0 atom stereocenters. The van der Waals surface area contributed by atoms with Crippen LogP contribution >= 0.6 is 15.9 Å². The number of carbonyl (C=O) groups excluding carboxylic acids is 1. The SMILES string of the molecule is CC1(C)CCN(CCC(=O)c2cccc(Br)c2)C1. The van der Waals surface area contributed by atoms with E-state index >= 15 is 0 Å². The Morgan fingerprint density at radius 3 is 2.83 bits per heavy atom. The first-order chi connectivity index (χ1) is 8.46. The average molecular weight is 310 g/mol. The molecule has 1 heterocycles. The number of rotatable bonds is 4. The van der Waals surface area contributed by atoms with Gasteiger partial charge in [-0.2, -0.15) is 0 Å². The van der Waals surface area contributed by atoms with E-state index in [1.165, 1.54) is 6.42 Å². The van der Waals surface area contributed by atoms with Crippen molar-refractivity contribution in [2.45, 2.75) is 26.7 Å². The summed E-state index contributed by atoms with van der Waals surface area (Å²) >= 11 is 3.40. The lowest BCUT2D eigenvalue weighted by Crippen LogP contribution is -2.26. The van der Waals surface area contributed by atoms with Crippen LogP contribution in [0.4, 0.5) is 0 Å². The topological polar surface area (TPSA) is 20.3 Å². The first-order valence-electron chi connectivity index (χ1n) is 6.47. The Morgan fingerprint density at radius 2 is 2.22 bits per heavy atom. The Bertz CT molecular complexity index is 442. The van der Waals surface area contributed by atoms with Gasteiger partial charge in [0.1, 0.15) is 0 Å². The number of benzene rings is 1. The van der Waals surface area contributed by atoms with Crippen molar-refractivity contribution in [1.29, 1.82) is 0 Å². The molecule has 0 amide bonds. The normalized spacial score (nSPS) is 19.1. The van der Waals surface area contributed by atoms with E-state index in [1.54, 1.807) is 0 Å². The van der Waals surface area contributed by atoms with Gasteiger partial charge in [0.25, 0.3) is 0 Å². The number of nitrogens with zero attached hydrogens (tertiary/aromatic N) is 1. The number of hydrogen-bond donors (Lipinski definition) is 0. The number of hydrogen-bond acceptors (Lipinski definition) is 2. The van der Waals surface area contributed by atoms with Crippen LogP contribution in [0.25, 0.3) is 0 Å². The lowest BCUT2D eigenvalue weighted by molar-refractivity contribution is 0.0967. The molecule has 1 saturated heterocycles. The molecule has 2 nitrogen and oxygen atoms in total. The van der Waals surface area contributed by atoms with E-state index in [-0.39, 0.29) is 5.78 Å². The first kappa shape index (κ1) is 13.8. The van der Waals surface area contributed by atoms with E-state index in [4.69, 9.17) is 0 Å². The molecule has 3 heteroatoms. The van der Waals surface area contributed by atoms with Crippen molar-refractivity contribution in [2.24, 2.45) is 5.41 Å². The largest absolute Gasteiger partial charge is 0.302 e. The first-order valence-corrected chi connectivity index (χ1v) is 7.27. The summed E-state index contributed by atoms with van der Waals surface area (Å²) in [6, 6.07) is 7.65. The average Bonchev–Trinajstić information content (AvgIpc) is 2.66. The molecule has 98 valence electrons. The molecular formula is C15H20BrNO. The van der Waals surface area contributed by atoms with Gasteiger partial charge in [-0.15, -0.1) is 0 Å². The van der Waals surface area contributed by atoms with Crippen LogP contribution in [0.5, 0.6) is 0 Å². The van der Waals surface area contributed by atoms with Crippen molar-refractivity contribution in [3.05, 3.63) is 34.3 Å². The number of halogens is 1. The predicted octanol–water partition coefficient (Wildman–Crippen LogP) is 3.75. The molecule has 0 unspecified atom stereocenters. The fourth-order valence-corrected chi connectivity index (χ4v) is 2.88. The molecule has 1 aromatic carbocycles. The standard InChI is InChI=1S/C15H20BrNO/c1-15(2)7-9-17(11-15)8-6-14(18)12-4-3-5-13(16)10-12/h3-5,10H,6-9,11H2,1-2H3. The quantitative estimate of drug-likeness (QED) is 0.789. The Labute approximate surface area is 117 Å². The zero-order chi connectivity index (χ0) is 13.2. The molecule has 0 aromatic heterocycles. The van der Waals surface area contributed by atoms with Gasteiger partial charge in [0.15, 0.2) is 5.78 Å². The highest BCUT2D eigenvalue weighted by molar-refractivity contribution is 9.10. The third-order valence-electron chi connectivity index (χ3n) is 3.56. The maximum atomic E-state index is 12.1. The molecule has 0 radical (unpaired) electrons. The lowest BCUT2D eigenvalue weighted by Gasteiger charge is -2.19. The minimum Gasteiger partial charge on any atom is -0.302 e. The third-order valence-corrected chi connectivity index (χ3v) is 4.05. The van der Waals surface area contributed by atoms with Gasteiger partial charge in [-0.3, -0.25) is 4.79 Å². The molecule has 0 bridgehead atoms. The van der Waals surface area contributed by atoms with Gasteiger partial charge in [0.2, 0.25) is 0 Å². The summed E-state index contributed by atoms with van der Waals surface area (Å²) in [5.41, 5.74) is 1.22. The summed E-state index contributed by atoms with van der Waals surface area (Å²) in [5.74, 6) is 0.237. The molecule has 1 fully saturated rings. The van der Waals surface area contributed by atoms with Crippen molar-refractivity contribution in [3.8, 4) is 0 Å². The van der Waals surface area contributed by atoms with Crippen LogP contribution in [0.2, 0.25) is 0 Å². The molecule has 1 aromatic rings. The maximum Gasteiger partial charge on any atom is 0.164 e. The monoisotopic (exact) mass is 309 g/mol. The van der Waals surface area contributed by atoms with Crippen molar-refractivity contribution < 1.29 is 4.79 Å². The Kier molecular flexibility index (Phi) is 4.23. The zero-order valence-corrected chi connectivity index (χ0v) is 12.7. The summed E-state index contributed by atoms with van der Waals surface area (Å²) in [6.07, 6.45) is 1.85. The Balaban J connectivity index is 1.86. The molecule has 1 aliphatic heterocycles. The number of Topliss-reactive ketones (excluding diaryl/α,β-unsaturated/α-hetero) is 1. The van der Waals surface area contributed by atoms with Crippen LogP contribution in [-0.2, 0) is 0 Å². The predicted molar refractivity (Wildman–Crippen MR) is 77.9 cm³/mol. The highest BCUT2D eigenvalue weighted by Gasteiger charge is 2.28. The third kappa shape index (κ3) is 3.66. The van der Waals surface area contributed by atoms with E-state index in [1.807, 2.05) is 24.3 Å². The molecule has 2 rings (SSSR count). The van der Waals surface area contributed by atoms with Crippen molar-refractivity contribution in [3.63, 3.8) is 0 Å².